The first-order chi connectivity index (χ1) is 10.3. The third-order valence-corrected chi connectivity index (χ3v) is 6.89. The van der Waals surface area contributed by atoms with Gasteiger partial charge in [0.05, 0.1) is 12.0 Å². The summed E-state index contributed by atoms with van der Waals surface area (Å²) < 4.78 is 25.6. The smallest absolute Gasteiger partial charge is 0.310 e. The number of carbonyl (C=O) groups excluding carboxylic acids is 1. The molecular formula is C13H18N2O5S2. The molecule has 1 aromatic heterocycles. The summed E-state index contributed by atoms with van der Waals surface area (Å²) in [6, 6.07) is 3.11. The van der Waals surface area contributed by atoms with Gasteiger partial charge in [0, 0.05) is 11.3 Å². The van der Waals surface area contributed by atoms with E-state index in [0.29, 0.717) is 17.7 Å². The number of carboxylic acid groups (broad SMARTS) is 1. The molecule has 122 valence electrons. The minimum absolute atomic E-state index is 0.0324. The Labute approximate surface area is 132 Å². The molecule has 0 aromatic carbocycles. The van der Waals surface area contributed by atoms with E-state index in [1.165, 1.54) is 13.1 Å². The maximum Gasteiger partial charge on any atom is 0.310 e. The van der Waals surface area contributed by atoms with E-state index in [1.807, 2.05) is 0 Å². The lowest BCUT2D eigenvalue weighted by atomic mass is 9.66. The van der Waals surface area contributed by atoms with Crippen LogP contribution < -0.4 is 10.0 Å². The summed E-state index contributed by atoms with van der Waals surface area (Å²) in [5.41, 5.74) is -0.917. The lowest BCUT2D eigenvalue weighted by Crippen LogP contribution is -2.42. The second-order valence-electron chi connectivity index (χ2n) is 5.32. The predicted octanol–water partition coefficient (Wildman–Crippen LogP) is 0.917. The topological polar surface area (TPSA) is 113 Å². The molecule has 7 nitrogen and oxygen atoms in total. The van der Waals surface area contributed by atoms with Crippen molar-refractivity contribution in [3.05, 3.63) is 17.0 Å². The molecule has 22 heavy (non-hydrogen) atoms. The van der Waals surface area contributed by atoms with Crippen molar-refractivity contribution in [3.63, 3.8) is 0 Å². The molecular weight excluding hydrogens is 328 g/mol. The first-order valence-electron chi connectivity index (χ1n) is 6.81. The fourth-order valence-corrected chi connectivity index (χ4v) is 4.46. The minimum Gasteiger partial charge on any atom is -0.481 e. The number of hydrogen-bond donors (Lipinski definition) is 3. The van der Waals surface area contributed by atoms with Gasteiger partial charge in [0.2, 0.25) is 15.9 Å². The van der Waals surface area contributed by atoms with Crippen molar-refractivity contribution in [1.82, 2.24) is 10.0 Å². The van der Waals surface area contributed by atoms with Crippen LogP contribution in [0.1, 0.15) is 30.6 Å². The van der Waals surface area contributed by atoms with E-state index in [-0.39, 0.29) is 23.1 Å². The Kier molecular flexibility index (Phi) is 4.88. The van der Waals surface area contributed by atoms with Crippen LogP contribution in [-0.2, 0) is 26.2 Å². The zero-order valence-electron chi connectivity index (χ0n) is 12.1. The number of nitrogens with one attached hydrogen (secondary N) is 2. The van der Waals surface area contributed by atoms with E-state index in [4.69, 9.17) is 0 Å². The van der Waals surface area contributed by atoms with Crippen molar-refractivity contribution in [2.24, 2.45) is 5.41 Å². The Hall–Kier alpha value is -1.45. The third-order valence-electron chi connectivity index (χ3n) is 3.89. The Morgan fingerprint density at radius 1 is 1.36 bits per heavy atom. The van der Waals surface area contributed by atoms with Gasteiger partial charge in [0.15, 0.2) is 0 Å². The molecule has 0 unspecified atom stereocenters. The largest absolute Gasteiger partial charge is 0.481 e. The van der Waals surface area contributed by atoms with Crippen LogP contribution in [-0.4, -0.2) is 32.4 Å². The van der Waals surface area contributed by atoms with Crippen LogP contribution in [0.4, 0.5) is 0 Å². The molecule has 0 radical (unpaired) electrons. The van der Waals surface area contributed by atoms with Crippen molar-refractivity contribution in [2.75, 3.05) is 7.05 Å². The molecule has 1 heterocycles. The Morgan fingerprint density at radius 3 is 2.55 bits per heavy atom. The molecule has 0 bridgehead atoms. The summed E-state index contributed by atoms with van der Waals surface area (Å²) in [5, 5.41) is 11.8. The summed E-state index contributed by atoms with van der Waals surface area (Å²) >= 11 is 1.07. The molecule has 2 rings (SSSR count). The summed E-state index contributed by atoms with van der Waals surface area (Å²) in [6.45, 7) is 0.193. The van der Waals surface area contributed by atoms with Crippen LogP contribution in [0.5, 0.6) is 0 Å². The Balaban J connectivity index is 1.91. The maximum absolute atomic E-state index is 11.9. The molecule has 0 spiro atoms. The number of rotatable bonds is 7. The zero-order chi connectivity index (χ0) is 16.4. The van der Waals surface area contributed by atoms with Crippen LogP contribution in [0, 0.1) is 5.41 Å². The summed E-state index contributed by atoms with van der Waals surface area (Å²) in [6.07, 6.45) is 1.85. The van der Waals surface area contributed by atoms with Crippen LogP contribution >= 0.6 is 11.3 Å². The zero-order valence-corrected chi connectivity index (χ0v) is 13.7. The van der Waals surface area contributed by atoms with Gasteiger partial charge in [-0.05, 0) is 32.0 Å². The highest BCUT2D eigenvalue weighted by molar-refractivity contribution is 7.91. The molecule has 1 fully saturated rings. The average molecular weight is 346 g/mol. The van der Waals surface area contributed by atoms with Crippen LogP contribution in [0.3, 0.4) is 0 Å². The number of thiophene rings is 1. The second kappa shape index (κ2) is 6.35. The third kappa shape index (κ3) is 3.47. The maximum atomic E-state index is 11.9. The normalized spacial score (nSPS) is 16.8. The number of aliphatic carboxylic acids is 1. The summed E-state index contributed by atoms with van der Waals surface area (Å²) in [5.74, 6) is -1.25. The molecule has 1 aliphatic carbocycles. The monoisotopic (exact) mass is 346 g/mol. The predicted molar refractivity (Wildman–Crippen MR) is 80.9 cm³/mol. The first kappa shape index (κ1) is 16.9. The lowest BCUT2D eigenvalue weighted by Gasteiger charge is -2.36. The molecule has 1 aromatic rings. The van der Waals surface area contributed by atoms with Crippen LogP contribution in [0.15, 0.2) is 16.3 Å². The lowest BCUT2D eigenvalue weighted by molar-refractivity contribution is -0.157. The number of amides is 1. The molecule has 3 N–H and O–H groups in total. The van der Waals surface area contributed by atoms with Crippen molar-refractivity contribution in [3.8, 4) is 0 Å². The van der Waals surface area contributed by atoms with Crippen LogP contribution in [0.25, 0.3) is 0 Å². The van der Waals surface area contributed by atoms with Gasteiger partial charge in [-0.15, -0.1) is 11.3 Å². The van der Waals surface area contributed by atoms with Gasteiger partial charge in [-0.2, -0.15) is 0 Å². The van der Waals surface area contributed by atoms with E-state index in [2.05, 4.69) is 10.0 Å². The average Bonchev–Trinajstić information content (AvgIpc) is 2.89. The highest BCUT2D eigenvalue weighted by Crippen LogP contribution is 2.44. The van der Waals surface area contributed by atoms with E-state index < -0.39 is 21.4 Å². The fourth-order valence-electron chi connectivity index (χ4n) is 2.32. The highest BCUT2D eigenvalue weighted by Gasteiger charge is 2.45. The molecule has 0 saturated heterocycles. The first-order valence-corrected chi connectivity index (χ1v) is 9.11. The number of sulfonamides is 1. The van der Waals surface area contributed by atoms with Crippen LogP contribution in [0.2, 0.25) is 0 Å². The SMILES string of the molecule is CNS(=O)(=O)c1ccc(CNC(=O)CC2(C(=O)O)CCC2)s1. The second-order valence-corrected chi connectivity index (χ2v) is 8.60. The molecule has 0 atom stereocenters. The van der Waals surface area contributed by atoms with Gasteiger partial charge in [-0.1, -0.05) is 6.42 Å². The van der Waals surface area contributed by atoms with Crippen molar-refractivity contribution >= 4 is 33.2 Å². The van der Waals surface area contributed by atoms with Crippen molar-refractivity contribution in [1.29, 1.82) is 0 Å². The van der Waals surface area contributed by atoms with Gasteiger partial charge >= 0.3 is 5.97 Å². The van der Waals surface area contributed by atoms with Gasteiger partial charge in [-0.25, -0.2) is 13.1 Å². The van der Waals surface area contributed by atoms with E-state index in [0.717, 1.165) is 17.8 Å². The number of carbonyl (C=O) groups is 2. The quantitative estimate of drug-likeness (QED) is 0.679. The highest BCUT2D eigenvalue weighted by atomic mass is 32.2. The molecule has 9 heteroatoms. The molecule has 1 saturated carbocycles. The van der Waals surface area contributed by atoms with Gasteiger partial charge in [0.1, 0.15) is 4.21 Å². The van der Waals surface area contributed by atoms with Gasteiger partial charge in [-0.3, -0.25) is 9.59 Å². The number of hydrogen-bond acceptors (Lipinski definition) is 5. The van der Waals surface area contributed by atoms with Crippen molar-refractivity contribution in [2.45, 2.75) is 36.4 Å². The van der Waals surface area contributed by atoms with E-state index >= 15 is 0 Å². The molecule has 1 aliphatic rings. The van der Waals surface area contributed by atoms with Gasteiger partial charge in [0.25, 0.3) is 0 Å². The Bertz CT molecular complexity index is 676. The Morgan fingerprint density at radius 2 is 2.05 bits per heavy atom. The molecule has 1 amide bonds. The standard InChI is InChI=1S/C13H18N2O5S2/c1-14-22(19,20)11-4-3-9(21-11)8-15-10(16)7-13(12(17)18)5-2-6-13/h3-4,14H,2,5-8H2,1H3,(H,15,16)(H,17,18). The molecule has 0 aliphatic heterocycles. The summed E-state index contributed by atoms with van der Waals surface area (Å²) in [7, 11) is -2.14. The van der Waals surface area contributed by atoms with E-state index in [1.54, 1.807) is 6.07 Å². The minimum atomic E-state index is -3.47. The van der Waals surface area contributed by atoms with E-state index in [9.17, 15) is 23.1 Å². The van der Waals surface area contributed by atoms with Gasteiger partial charge < -0.3 is 10.4 Å². The van der Waals surface area contributed by atoms with Crippen molar-refractivity contribution < 1.29 is 23.1 Å². The summed E-state index contributed by atoms with van der Waals surface area (Å²) in [4.78, 5) is 23.8. The fraction of sp³-hybridized carbons (Fsp3) is 0.538. The number of carboxylic acids is 1.